The molecule has 0 spiro atoms. The third kappa shape index (κ3) is 3.75. The second kappa shape index (κ2) is 7.66. The topological polar surface area (TPSA) is 69.7 Å². The molecule has 2 N–H and O–H groups in total. The molecular weight excluding hydrogens is 324 g/mol. The van der Waals surface area contributed by atoms with Crippen molar-refractivity contribution in [2.24, 2.45) is 0 Å². The lowest BCUT2D eigenvalue weighted by atomic mass is 10.0. The Morgan fingerprint density at radius 3 is 2.85 bits per heavy atom. The number of benzene rings is 1. The van der Waals surface area contributed by atoms with Gasteiger partial charge < -0.3 is 10.2 Å². The molecule has 1 atom stereocenters. The summed E-state index contributed by atoms with van der Waals surface area (Å²) in [5.74, 6) is 0.968. The summed E-state index contributed by atoms with van der Waals surface area (Å²) in [5, 5.41) is 19.6. The first-order valence-corrected chi connectivity index (χ1v) is 9.16. The molecule has 1 aliphatic heterocycles. The van der Waals surface area contributed by atoms with Gasteiger partial charge in [0.05, 0.1) is 17.6 Å². The zero-order chi connectivity index (χ0) is 17.8. The first-order chi connectivity index (χ1) is 12.8. The molecule has 0 saturated carbocycles. The third-order valence-electron chi connectivity index (χ3n) is 4.89. The molecule has 1 aliphatic rings. The van der Waals surface area contributed by atoms with Crippen LogP contribution in [0.2, 0.25) is 0 Å². The van der Waals surface area contributed by atoms with Gasteiger partial charge in [0.15, 0.2) is 5.82 Å². The van der Waals surface area contributed by atoms with Crippen molar-refractivity contribution in [2.75, 3.05) is 18.0 Å². The molecule has 3 aromatic rings. The molecule has 6 nitrogen and oxygen atoms in total. The standard InChI is InChI=1S/C20H24N6/c1-15-9-10-19(24-23-15)26-11-5-8-18(14-26)21-12-17-13-22-25-20(17)16-6-3-2-4-7-16/h2-4,6-7,9-10,13,18,21H,5,8,11-12,14H2,1H3,(H,22,25)/t18-/m1/s1. The number of aromatic nitrogens is 4. The molecule has 1 saturated heterocycles. The summed E-state index contributed by atoms with van der Waals surface area (Å²) in [6.07, 6.45) is 4.25. The molecule has 1 fully saturated rings. The molecule has 134 valence electrons. The molecule has 4 rings (SSSR count). The molecular formula is C20H24N6. The zero-order valence-electron chi connectivity index (χ0n) is 15.0. The van der Waals surface area contributed by atoms with E-state index in [1.165, 1.54) is 17.5 Å². The lowest BCUT2D eigenvalue weighted by Crippen LogP contribution is -2.45. The summed E-state index contributed by atoms with van der Waals surface area (Å²) < 4.78 is 0. The Labute approximate surface area is 153 Å². The predicted octanol–water partition coefficient (Wildman–Crippen LogP) is 2.93. The van der Waals surface area contributed by atoms with E-state index in [1.54, 1.807) is 0 Å². The van der Waals surface area contributed by atoms with E-state index >= 15 is 0 Å². The van der Waals surface area contributed by atoms with E-state index in [1.807, 2.05) is 25.3 Å². The molecule has 3 heterocycles. The molecule has 0 aliphatic carbocycles. The Kier molecular flexibility index (Phi) is 4.93. The molecule has 6 heteroatoms. The van der Waals surface area contributed by atoms with Crippen molar-refractivity contribution >= 4 is 5.82 Å². The van der Waals surface area contributed by atoms with Crippen LogP contribution >= 0.6 is 0 Å². The van der Waals surface area contributed by atoms with E-state index in [-0.39, 0.29) is 0 Å². The van der Waals surface area contributed by atoms with E-state index in [2.05, 4.69) is 60.9 Å². The minimum Gasteiger partial charge on any atom is -0.354 e. The van der Waals surface area contributed by atoms with Gasteiger partial charge in [-0.25, -0.2) is 0 Å². The lowest BCUT2D eigenvalue weighted by Gasteiger charge is -2.33. The maximum absolute atomic E-state index is 4.33. The Balaban J connectivity index is 1.39. The van der Waals surface area contributed by atoms with Crippen LogP contribution in [0, 0.1) is 6.92 Å². The van der Waals surface area contributed by atoms with Crippen LogP contribution in [0.25, 0.3) is 11.3 Å². The number of H-pyrrole nitrogens is 1. The summed E-state index contributed by atoms with van der Waals surface area (Å²) in [4.78, 5) is 2.32. The van der Waals surface area contributed by atoms with Crippen molar-refractivity contribution in [3.8, 4) is 11.3 Å². The van der Waals surface area contributed by atoms with Crippen LogP contribution in [-0.2, 0) is 6.54 Å². The van der Waals surface area contributed by atoms with Crippen molar-refractivity contribution in [3.63, 3.8) is 0 Å². The highest BCUT2D eigenvalue weighted by atomic mass is 15.3. The maximum atomic E-state index is 4.33. The molecule has 0 radical (unpaired) electrons. The highest BCUT2D eigenvalue weighted by molar-refractivity contribution is 5.62. The second-order valence-electron chi connectivity index (χ2n) is 6.84. The number of rotatable bonds is 5. The van der Waals surface area contributed by atoms with Gasteiger partial charge in [0, 0.05) is 31.2 Å². The first kappa shape index (κ1) is 16.7. The van der Waals surface area contributed by atoms with Gasteiger partial charge in [0.2, 0.25) is 0 Å². The molecule has 0 unspecified atom stereocenters. The lowest BCUT2D eigenvalue weighted by molar-refractivity contribution is 0.419. The number of nitrogens with one attached hydrogen (secondary N) is 2. The zero-order valence-corrected chi connectivity index (χ0v) is 15.0. The fraction of sp³-hybridized carbons (Fsp3) is 0.350. The monoisotopic (exact) mass is 348 g/mol. The van der Waals surface area contributed by atoms with Gasteiger partial charge in [0.25, 0.3) is 0 Å². The number of nitrogens with zero attached hydrogens (tertiary/aromatic N) is 4. The molecule has 26 heavy (non-hydrogen) atoms. The fourth-order valence-corrected chi connectivity index (χ4v) is 3.47. The summed E-state index contributed by atoms with van der Waals surface area (Å²) in [7, 11) is 0. The first-order valence-electron chi connectivity index (χ1n) is 9.16. The summed E-state index contributed by atoms with van der Waals surface area (Å²) in [5.41, 5.74) is 4.41. The number of hydrogen-bond donors (Lipinski definition) is 2. The van der Waals surface area contributed by atoms with Gasteiger partial charge >= 0.3 is 0 Å². The molecule has 2 aromatic heterocycles. The number of aromatic amines is 1. The van der Waals surface area contributed by atoms with Crippen molar-refractivity contribution < 1.29 is 0 Å². The van der Waals surface area contributed by atoms with Gasteiger partial charge in [-0.15, -0.1) is 5.10 Å². The quantitative estimate of drug-likeness (QED) is 0.742. The summed E-state index contributed by atoms with van der Waals surface area (Å²) in [6.45, 7) is 4.76. The van der Waals surface area contributed by atoms with E-state index in [9.17, 15) is 0 Å². The Morgan fingerprint density at radius 1 is 1.15 bits per heavy atom. The Hall–Kier alpha value is -2.73. The van der Waals surface area contributed by atoms with E-state index in [4.69, 9.17) is 0 Å². The average Bonchev–Trinajstić information content (AvgIpc) is 3.16. The van der Waals surface area contributed by atoms with Gasteiger partial charge in [-0.1, -0.05) is 30.3 Å². The largest absolute Gasteiger partial charge is 0.354 e. The highest BCUT2D eigenvalue weighted by Gasteiger charge is 2.21. The second-order valence-corrected chi connectivity index (χ2v) is 6.84. The normalized spacial score (nSPS) is 17.4. The number of hydrogen-bond acceptors (Lipinski definition) is 5. The number of piperidine rings is 1. The predicted molar refractivity (Wildman–Crippen MR) is 103 cm³/mol. The van der Waals surface area contributed by atoms with Gasteiger partial charge in [-0.3, -0.25) is 5.10 Å². The SMILES string of the molecule is Cc1ccc(N2CCC[C@@H](NCc3cn[nH]c3-c3ccccc3)C2)nn1. The van der Waals surface area contributed by atoms with Gasteiger partial charge in [-0.05, 0) is 37.5 Å². The van der Waals surface area contributed by atoms with E-state index in [0.29, 0.717) is 6.04 Å². The molecule has 0 amide bonds. The van der Waals surface area contributed by atoms with Crippen LogP contribution in [0.4, 0.5) is 5.82 Å². The molecule has 0 bridgehead atoms. The van der Waals surface area contributed by atoms with Crippen LogP contribution in [0.5, 0.6) is 0 Å². The molecule has 1 aromatic carbocycles. The number of anilines is 1. The van der Waals surface area contributed by atoms with E-state index in [0.717, 1.165) is 43.3 Å². The van der Waals surface area contributed by atoms with Crippen molar-refractivity contribution in [3.05, 3.63) is 59.9 Å². The van der Waals surface area contributed by atoms with Crippen LogP contribution in [-0.4, -0.2) is 39.5 Å². The van der Waals surface area contributed by atoms with E-state index < -0.39 is 0 Å². The fourth-order valence-electron chi connectivity index (χ4n) is 3.47. The Morgan fingerprint density at radius 2 is 2.04 bits per heavy atom. The van der Waals surface area contributed by atoms with Crippen LogP contribution in [0.15, 0.2) is 48.7 Å². The van der Waals surface area contributed by atoms with Gasteiger partial charge in [-0.2, -0.15) is 10.2 Å². The van der Waals surface area contributed by atoms with Gasteiger partial charge in [0.1, 0.15) is 0 Å². The van der Waals surface area contributed by atoms with Crippen molar-refractivity contribution in [1.29, 1.82) is 0 Å². The van der Waals surface area contributed by atoms with Crippen molar-refractivity contribution in [2.45, 2.75) is 32.4 Å². The van der Waals surface area contributed by atoms with Crippen LogP contribution in [0.1, 0.15) is 24.1 Å². The smallest absolute Gasteiger partial charge is 0.151 e. The minimum absolute atomic E-state index is 0.436. The average molecular weight is 348 g/mol. The third-order valence-corrected chi connectivity index (χ3v) is 4.89. The van der Waals surface area contributed by atoms with Crippen molar-refractivity contribution in [1.82, 2.24) is 25.7 Å². The minimum atomic E-state index is 0.436. The Bertz CT molecular complexity index is 827. The summed E-state index contributed by atoms with van der Waals surface area (Å²) in [6, 6.07) is 14.9. The maximum Gasteiger partial charge on any atom is 0.151 e. The summed E-state index contributed by atoms with van der Waals surface area (Å²) >= 11 is 0. The highest BCUT2D eigenvalue weighted by Crippen LogP contribution is 2.22. The number of aryl methyl sites for hydroxylation is 1. The van der Waals surface area contributed by atoms with Crippen LogP contribution in [0.3, 0.4) is 0 Å². The van der Waals surface area contributed by atoms with Crippen LogP contribution < -0.4 is 10.2 Å².